The van der Waals surface area contributed by atoms with Crippen molar-refractivity contribution in [3.8, 4) is 11.5 Å². The molecule has 2 heterocycles. The minimum atomic E-state index is -1.32. The van der Waals surface area contributed by atoms with E-state index in [0.29, 0.717) is 30.3 Å². The topological polar surface area (TPSA) is 86.9 Å². The highest BCUT2D eigenvalue weighted by atomic mass is 79.9. The van der Waals surface area contributed by atoms with E-state index in [1.165, 1.54) is 0 Å². The van der Waals surface area contributed by atoms with E-state index >= 15 is 0 Å². The summed E-state index contributed by atoms with van der Waals surface area (Å²) in [4.78, 5) is 29.7. The van der Waals surface area contributed by atoms with Crippen LogP contribution in [0.1, 0.15) is 43.4 Å². The van der Waals surface area contributed by atoms with Crippen molar-refractivity contribution in [2.24, 2.45) is 5.92 Å². The van der Waals surface area contributed by atoms with Gasteiger partial charge in [-0.05, 0) is 53.9 Å². The van der Waals surface area contributed by atoms with Crippen molar-refractivity contribution in [2.45, 2.75) is 39.1 Å². The predicted molar refractivity (Wildman–Crippen MR) is 146 cm³/mol. The molecule has 1 aliphatic rings. The molecule has 1 saturated heterocycles. The number of rotatable bonds is 8. The van der Waals surface area contributed by atoms with E-state index in [9.17, 15) is 9.59 Å². The normalized spacial score (nSPS) is 16.1. The van der Waals surface area contributed by atoms with E-state index in [0.717, 1.165) is 26.5 Å². The Bertz CT molecular complexity index is 1460. The number of esters is 2. The van der Waals surface area contributed by atoms with Crippen LogP contribution in [0.15, 0.2) is 77.4 Å². The third-order valence-corrected chi connectivity index (χ3v) is 6.95. The van der Waals surface area contributed by atoms with Crippen molar-refractivity contribution in [3.63, 3.8) is 0 Å². The Morgan fingerprint density at radius 1 is 0.947 bits per heavy atom. The van der Waals surface area contributed by atoms with Crippen LogP contribution in [0.3, 0.4) is 0 Å². The number of para-hydroxylation sites is 1. The summed E-state index contributed by atoms with van der Waals surface area (Å²) in [6.07, 6.45) is 1.83. The molecule has 1 N–H and O–H groups in total. The molecular weight excluding hydrogens is 550 g/mol. The number of fused-ring (bicyclic) bond motifs is 1. The van der Waals surface area contributed by atoms with Crippen LogP contribution in [0.5, 0.6) is 11.5 Å². The van der Waals surface area contributed by atoms with Gasteiger partial charge < -0.3 is 23.9 Å². The van der Waals surface area contributed by atoms with Gasteiger partial charge in [0.1, 0.15) is 6.61 Å². The van der Waals surface area contributed by atoms with Crippen LogP contribution >= 0.6 is 15.9 Å². The number of aromatic nitrogens is 1. The zero-order valence-corrected chi connectivity index (χ0v) is 22.9. The number of carbonyl (C=O) groups excluding carboxylic acids is 2. The summed E-state index contributed by atoms with van der Waals surface area (Å²) in [5.41, 5.74) is 3.38. The third kappa shape index (κ3) is 5.27. The Kier molecular flexibility index (Phi) is 7.17. The number of H-pyrrole nitrogens is 1. The van der Waals surface area contributed by atoms with Crippen molar-refractivity contribution in [1.82, 2.24) is 4.98 Å². The van der Waals surface area contributed by atoms with E-state index in [1.807, 2.05) is 79.9 Å². The molecule has 4 aromatic rings. The highest BCUT2D eigenvalue weighted by Gasteiger charge is 2.48. The number of halogens is 1. The molecular formula is C30H28BrNO6. The molecule has 5 rings (SSSR count). The van der Waals surface area contributed by atoms with Crippen molar-refractivity contribution in [3.05, 3.63) is 94.1 Å². The molecule has 196 valence electrons. The SMILES string of the molecule is CCOc1cc([C@H](c2c[nH]c3ccccc23)C2C(=O)OC(C)(C)OC2=O)ccc1OCc1ccc(Br)cc1. The maximum Gasteiger partial charge on any atom is 0.324 e. The second-order valence-corrected chi connectivity index (χ2v) is 10.5. The number of nitrogens with one attached hydrogen (secondary N) is 1. The second kappa shape index (κ2) is 10.5. The minimum Gasteiger partial charge on any atom is -0.490 e. The Morgan fingerprint density at radius 2 is 1.66 bits per heavy atom. The number of ether oxygens (including phenoxy) is 4. The van der Waals surface area contributed by atoms with E-state index in [1.54, 1.807) is 13.8 Å². The standard InChI is InChI=1S/C30H28BrNO6/c1-4-35-25-15-19(11-14-24(25)36-17-18-9-12-20(31)13-10-18)26(22-16-32-23-8-6-5-7-21(22)23)27-28(33)37-30(2,3)38-29(27)34/h5-16,26-27,32H,4,17H2,1-3H3/t26-/m1/s1. The van der Waals surface area contributed by atoms with Crippen LogP contribution in [-0.4, -0.2) is 29.3 Å². The number of aromatic amines is 1. The van der Waals surface area contributed by atoms with Crippen molar-refractivity contribution < 1.29 is 28.5 Å². The quantitative estimate of drug-likeness (QED) is 0.190. The lowest BCUT2D eigenvalue weighted by atomic mass is 9.80. The average Bonchev–Trinajstić information content (AvgIpc) is 3.30. The predicted octanol–water partition coefficient (Wildman–Crippen LogP) is 6.49. The fourth-order valence-corrected chi connectivity index (χ4v) is 5.02. The number of cyclic esters (lactones) is 2. The van der Waals surface area contributed by atoms with Crippen LogP contribution in [0.2, 0.25) is 0 Å². The van der Waals surface area contributed by atoms with Crippen LogP contribution in [-0.2, 0) is 25.7 Å². The van der Waals surface area contributed by atoms with Gasteiger partial charge in [-0.25, -0.2) is 0 Å². The summed E-state index contributed by atoms with van der Waals surface area (Å²) in [5.74, 6) is -3.37. The first-order valence-corrected chi connectivity index (χ1v) is 13.2. The van der Waals surface area contributed by atoms with Crippen LogP contribution in [0, 0.1) is 5.92 Å². The van der Waals surface area contributed by atoms with Gasteiger partial charge in [-0.15, -0.1) is 0 Å². The van der Waals surface area contributed by atoms with Gasteiger partial charge in [0.05, 0.1) is 6.61 Å². The summed E-state index contributed by atoms with van der Waals surface area (Å²) in [6, 6.07) is 21.1. The van der Waals surface area contributed by atoms with Gasteiger partial charge in [0.2, 0.25) is 0 Å². The monoisotopic (exact) mass is 577 g/mol. The Hall–Kier alpha value is -3.78. The zero-order chi connectivity index (χ0) is 26.9. The molecule has 0 aliphatic carbocycles. The number of hydrogen-bond acceptors (Lipinski definition) is 6. The van der Waals surface area contributed by atoms with E-state index in [-0.39, 0.29) is 0 Å². The highest BCUT2D eigenvalue weighted by molar-refractivity contribution is 9.10. The lowest BCUT2D eigenvalue weighted by molar-refractivity contribution is -0.240. The molecule has 0 saturated carbocycles. The third-order valence-electron chi connectivity index (χ3n) is 6.42. The molecule has 38 heavy (non-hydrogen) atoms. The van der Waals surface area contributed by atoms with Crippen LogP contribution in [0.25, 0.3) is 10.9 Å². The maximum atomic E-state index is 13.2. The van der Waals surface area contributed by atoms with E-state index in [2.05, 4.69) is 20.9 Å². The molecule has 0 bridgehead atoms. The van der Waals surface area contributed by atoms with E-state index < -0.39 is 29.6 Å². The van der Waals surface area contributed by atoms with Gasteiger partial charge in [0, 0.05) is 41.3 Å². The maximum absolute atomic E-state index is 13.2. The summed E-state index contributed by atoms with van der Waals surface area (Å²) < 4.78 is 24.1. The number of benzene rings is 3. The first-order valence-electron chi connectivity index (χ1n) is 12.4. The van der Waals surface area contributed by atoms with Crippen LogP contribution in [0.4, 0.5) is 0 Å². The molecule has 0 spiro atoms. The van der Waals surface area contributed by atoms with Gasteiger partial charge in [-0.1, -0.05) is 52.3 Å². The lowest BCUT2D eigenvalue weighted by Crippen LogP contribution is -2.48. The first-order chi connectivity index (χ1) is 18.3. The molecule has 8 heteroatoms. The van der Waals surface area contributed by atoms with Gasteiger partial charge in [0.25, 0.3) is 5.79 Å². The summed E-state index contributed by atoms with van der Waals surface area (Å²) >= 11 is 3.44. The fourth-order valence-electron chi connectivity index (χ4n) is 4.75. The molecule has 1 aromatic heterocycles. The number of hydrogen-bond donors (Lipinski definition) is 1. The van der Waals surface area contributed by atoms with Crippen molar-refractivity contribution >= 4 is 38.8 Å². The number of carbonyl (C=O) groups is 2. The summed E-state index contributed by atoms with van der Waals surface area (Å²) in [7, 11) is 0. The van der Waals surface area contributed by atoms with Gasteiger partial charge in [0.15, 0.2) is 17.4 Å². The molecule has 0 radical (unpaired) electrons. The first kappa shape index (κ1) is 25.9. The molecule has 3 aromatic carbocycles. The van der Waals surface area contributed by atoms with Crippen molar-refractivity contribution in [2.75, 3.05) is 6.61 Å². The largest absolute Gasteiger partial charge is 0.490 e. The Morgan fingerprint density at radius 3 is 2.37 bits per heavy atom. The minimum absolute atomic E-state index is 0.356. The summed E-state index contributed by atoms with van der Waals surface area (Å²) in [6.45, 7) is 5.75. The second-order valence-electron chi connectivity index (χ2n) is 9.54. The molecule has 7 nitrogen and oxygen atoms in total. The molecule has 1 atom stereocenters. The van der Waals surface area contributed by atoms with Crippen LogP contribution < -0.4 is 9.47 Å². The zero-order valence-electron chi connectivity index (χ0n) is 21.3. The van der Waals surface area contributed by atoms with E-state index in [4.69, 9.17) is 18.9 Å². The average molecular weight is 578 g/mol. The molecule has 0 amide bonds. The summed E-state index contributed by atoms with van der Waals surface area (Å²) in [5, 5.41) is 0.899. The smallest absolute Gasteiger partial charge is 0.324 e. The lowest BCUT2D eigenvalue weighted by Gasteiger charge is -2.36. The molecule has 1 fully saturated rings. The van der Waals surface area contributed by atoms with Gasteiger partial charge >= 0.3 is 11.9 Å². The molecule has 1 aliphatic heterocycles. The van der Waals surface area contributed by atoms with Gasteiger partial charge in [-0.2, -0.15) is 0 Å². The Labute approximate surface area is 229 Å². The Balaban J connectivity index is 1.56. The van der Waals surface area contributed by atoms with Gasteiger partial charge in [-0.3, -0.25) is 9.59 Å². The molecule has 0 unspecified atom stereocenters. The highest BCUT2D eigenvalue weighted by Crippen LogP contribution is 2.43. The van der Waals surface area contributed by atoms with Crippen molar-refractivity contribution in [1.29, 1.82) is 0 Å². The fraction of sp³-hybridized carbons (Fsp3) is 0.267.